The van der Waals surface area contributed by atoms with Crippen molar-refractivity contribution in [1.82, 2.24) is 0 Å². The van der Waals surface area contributed by atoms with E-state index in [1.165, 1.54) is 0 Å². The van der Waals surface area contributed by atoms with Gasteiger partial charge in [-0.15, -0.1) is 0 Å². The second-order valence-electron chi connectivity index (χ2n) is 2.98. The maximum atomic E-state index is 11.1. The predicted octanol–water partition coefficient (Wildman–Crippen LogP) is 2.50. The number of halogens is 1. The average Bonchev–Trinajstić information content (AvgIpc) is 2.27. The molecule has 0 N–H and O–H groups in total. The van der Waals surface area contributed by atoms with Crippen LogP contribution in [-0.2, 0) is 20.9 Å². The molecule has 4 nitrogen and oxygen atoms in total. The number of hydrogen-bond donors (Lipinski definition) is 0. The molecule has 0 saturated heterocycles. The number of carbonyl (C=O) groups excluding carboxylic acids is 2. The summed E-state index contributed by atoms with van der Waals surface area (Å²) in [5.41, 5.74) is -0.0129. The third kappa shape index (κ3) is 5.36. The molecule has 0 radical (unpaired) electrons. The van der Waals surface area contributed by atoms with Gasteiger partial charge in [0.2, 0.25) is 0 Å². The van der Waals surface area contributed by atoms with Crippen LogP contribution in [0.5, 0.6) is 0 Å². The lowest BCUT2D eigenvalue weighted by Gasteiger charge is -2.04. The Balaban J connectivity index is 2.18. The maximum Gasteiger partial charge on any atom is 0.403 e. The zero-order valence-electron chi connectivity index (χ0n) is 8.52. The summed E-state index contributed by atoms with van der Waals surface area (Å²) in [5, 5.41) is 0. The van der Waals surface area contributed by atoms with Crippen LogP contribution in [-0.4, -0.2) is 18.0 Å². The van der Waals surface area contributed by atoms with Gasteiger partial charge in [-0.05, 0) is 5.56 Å². The second kappa shape index (κ2) is 6.85. The van der Waals surface area contributed by atoms with Crippen LogP contribution in [0.3, 0.4) is 0 Å². The van der Waals surface area contributed by atoms with E-state index in [4.69, 9.17) is 16.3 Å². The molecule has 0 bridgehead atoms. The smallest absolute Gasteiger partial charge is 0.403 e. The van der Waals surface area contributed by atoms with Crippen LogP contribution in [0.4, 0.5) is 4.79 Å². The van der Waals surface area contributed by atoms with Crippen molar-refractivity contribution in [2.75, 3.05) is 6.61 Å². The predicted molar refractivity (Wildman–Crippen MR) is 58.1 cm³/mol. The lowest BCUT2D eigenvalue weighted by molar-refractivity contribution is -0.145. The molecule has 1 aromatic carbocycles. The molecule has 0 aliphatic carbocycles. The Kier molecular flexibility index (Phi) is 5.36. The minimum atomic E-state index is -0.921. The fourth-order valence-corrected chi connectivity index (χ4v) is 1.10. The molecule has 0 spiro atoms. The number of hydrogen-bond acceptors (Lipinski definition) is 4. The van der Waals surface area contributed by atoms with Crippen LogP contribution in [0, 0.1) is 0 Å². The van der Waals surface area contributed by atoms with Crippen LogP contribution >= 0.6 is 11.6 Å². The Hall–Kier alpha value is -1.55. The van der Waals surface area contributed by atoms with E-state index in [1.54, 1.807) is 0 Å². The van der Waals surface area contributed by atoms with Crippen molar-refractivity contribution in [2.45, 2.75) is 13.0 Å². The van der Waals surface area contributed by atoms with E-state index < -0.39 is 11.4 Å². The molecule has 0 saturated carbocycles. The van der Waals surface area contributed by atoms with Gasteiger partial charge in [-0.3, -0.25) is 4.79 Å². The molecule has 5 heteroatoms. The van der Waals surface area contributed by atoms with Crippen molar-refractivity contribution >= 4 is 23.0 Å². The van der Waals surface area contributed by atoms with Crippen LogP contribution in [0.25, 0.3) is 0 Å². The molecule has 1 rings (SSSR count). The quantitative estimate of drug-likeness (QED) is 0.588. The molecule has 0 aromatic heterocycles. The minimum absolute atomic E-state index is 0.00525. The molecule has 0 fully saturated rings. The topological polar surface area (TPSA) is 52.6 Å². The molecule has 0 unspecified atom stereocenters. The van der Waals surface area contributed by atoms with E-state index in [0.717, 1.165) is 5.56 Å². The van der Waals surface area contributed by atoms with Crippen LogP contribution in [0.2, 0.25) is 0 Å². The van der Waals surface area contributed by atoms with Crippen molar-refractivity contribution in [1.29, 1.82) is 0 Å². The summed E-state index contributed by atoms with van der Waals surface area (Å²) in [6.07, 6.45) is 0.00525. The van der Waals surface area contributed by atoms with Gasteiger partial charge in [0, 0.05) is 11.6 Å². The van der Waals surface area contributed by atoms with Crippen LogP contribution in [0.15, 0.2) is 30.3 Å². The van der Waals surface area contributed by atoms with Gasteiger partial charge in [-0.25, -0.2) is 4.79 Å². The zero-order chi connectivity index (χ0) is 11.8. The maximum absolute atomic E-state index is 11.1. The van der Waals surface area contributed by atoms with Gasteiger partial charge in [0.15, 0.2) is 0 Å². The van der Waals surface area contributed by atoms with Gasteiger partial charge >= 0.3 is 11.4 Å². The molecule has 0 atom stereocenters. The third-order valence-corrected chi connectivity index (χ3v) is 1.87. The van der Waals surface area contributed by atoms with Gasteiger partial charge in [0.25, 0.3) is 0 Å². The summed E-state index contributed by atoms with van der Waals surface area (Å²) in [4.78, 5) is 21.3. The highest BCUT2D eigenvalue weighted by molar-refractivity contribution is 6.61. The highest BCUT2D eigenvalue weighted by Gasteiger charge is 2.04. The molecule has 16 heavy (non-hydrogen) atoms. The largest absolute Gasteiger partial charge is 0.461 e. The number of rotatable bonds is 5. The normalized spacial score (nSPS) is 9.56. The van der Waals surface area contributed by atoms with Crippen molar-refractivity contribution in [3.63, 3.8) is 0 Å². The summed E-state index contributed by atoms with van der Waals surface area (Å²) in [6, 6.07) is 9.31. The Morgan fingerprint density at radius 3 is 2.44 bits per heavy atom. The molecule has 0 aliphatic rings. The summed E-state index contributed by atoms with van der Waals surface area (Å²) < 4.78 is 9.33. The van der Waals surface area contributed by atoms with E-state index in [1.807, 2.05) is 30.3 Å². The lowest BCUT2D eigenvalue weighted by atomic mass is 10.2. The van der Waals surface area contributed by atoms with E-state index in [0.29, 0.717) is 0 Å². The van der Waals surface area contributed by atoms with Gasteiger partial charge < -0.3 is 9.47 Å². The summed E-state index contributed by atoms with van der Waals surface area (Å²) in [6.45, 7) is 0.157. The Labute approximate surface area is 98.1 Å². The van der Waals surface area contributed by atoms with E-state index >= 15 is 0 Å². The summed E-state index contributed by atoms with van der Waals surface area (Å²) >= 11 is 4.92. The highest BCUT2D eigenvalue weighted by Crippen LogP contribution is 2.01. The molecular formula is C11H11ClO4. The fourth-order valence-electron chi connectivity index (χ4n) is 1.02. The SMILES string of the molecule is O=C(Cl)OCCC(=O)OCc1ccccc1. The van der Waals surface area contributed by atoms with Gasteiger partial charge in [0.1, 0.15) is 13.2 Å². The minimum Gasteiger partial charge on any atom is -0.461 e. The standard InChI is InChI=1S/C11H11ClO4/c12-11(14)15-7-6-10(13)16-8-9-4-2-1-3-5-9/h1-5H,6-8H2. The number of ether oxygens (including phenoxy) is 2. The Bertz CT molecular complexity index is 350. The molecule has 1 aromatic rings. The van der Waals surface area contributed by atoms with Crippen LogP contribution in [0.1, 0.15) is 12.0 Å². The highest BCUT2D eigenvalue weighted by atomic mass is 35.5. The fraction of sp³-hybridized carbons (Fsp3) is 0.273. The first-order valence-corrected chi connectivity index (χ1v) is 5.08. The molecule has 0 aliphatic heterocycles. The van der Waals surface area contributed by atoms with Gasteiger partial charge in [-0.2, -0.15) is 0 Å². The molecule has 0 amide bonds. The Morgan fingerprint density at radius 2 is 1.81 bits per heavy atom. The van der Waals surface area contributed by atoms with Crippen molar-refractivity contribution in [3.8, 4) is 0 Å². The first-order chi connectivity index (χ1) is 7.68. The molecule has 86 valence electrons. The Morgan fingerprint density at radius 1 is 1.12 bits per heavy atom. The van der Waals surface area contributed by atoms with E-state index in [-0.39, 0.29) is 19.6 Å². The van der Waals surface area contributed by atoms with E-state index in [2.05, 4.69) is 4.74 Å². The van der Waals surface area contributed by atoms with Crippen molar-refractivity contribution < 1.29 is 19.1 Å². The van der Waals surface area contributed by atoms with E-state index in [9.17, 15) is 9.59 Å². The average molecular weight is 243 g/mol. The third-order valence-electron chi connectivity index (χ3n) is 1.76. The first kappa shape index (κ1) is 12.5. The summed E-state index contributed by atoms with van der Waals surface area (Å²) in [5.74, 6) is -0.429. The number of carbonyl (C=O) groups is 2. The first-order valence-electron chi connectivity index (χ1n) is 4.70. The van der Waals surface area contributed by atoms with Crippen molar-refractivity contribution in [2.24, 2.45) is 0 Å². The summed E-state index contributed by atoms with van der Waals surface area (Å²) in [7, 11) is 0. The number of benzene rings is 1. The monoisotopic (exact) mass is 242 g/mol. The zero-order valence-corrected chi connectivity index (χ0v) is 9.27. The van der Waals surface area contributed by atoms with Crippen LogP contribution < -0.4 is 0 Å². The molecule has 0 heterocycles. The lowest BCUT2D eigenvalue weighted by Crippen LogP contribution is -2.09. The van der Waals surface area contributed by atoms with Gasteiger partial charge in [0.05, 0.1) is 6.42 Å². The second-order valence-corrected chi connectivity index (χ2v) is 3.29. The van der Waals surface area contributed by atoms with Gasteiger partial charge in [-0.1, -0.05) is 30.3 Å². The van der Waals surface area contributed by atoms with Crippen molar-refractivity contribution in [3.05, 3.63) is 35.9 Å². The number of esters is 1. The molecular weight excluding hydrogens is 232 g/mol.